The number of halogens is 2. The quantitative estimate of drug-likeness (QED) is 0.584. The summed E-state index contributed by atoms with van der Waals surface area (Å²) in [5.74, 6) is 0. The molecule has 0 amide bonds. The molecule has 1 saturated heterocycles. The maximum Gasteiger partial charge on any atom is 0.164 e. The molecular formula is C8H15F2NO. The van der Waals surface area contributed by atoms with Crippen molar-refractivity contribution in [2.24, 2.45) is 0 Å². The van der Waals surface area contributed by atoms with Gasteiger partial charge in [0.15, 0.2) is 5.67 Å². The molecule has 12 heavy (non-hydrogen) atoms. The van der Waals surface area contributed by atoms with Gasteiger partial charge in [-0.25, -0.2) is 8.78 Å². The Morgan fingerprint density at radius 1 is 1.50 bits per heavy atom. The van der Waals surface area contributed by atoms with Crippen molar-refractivity contribution in [2.75, 3.05) is 39.5 Å². The first-order chi connectivity index (χ1) is 5.70. The van der Waals surface area contributed by atoms with Crippen LogP contribution >= 0.6 is 0 Å². The zero-order valence-corrected chi connectivity index (χ0v) is 7.35. The standard InChI is InChI=1S/C8H15F2NO/c1-2-12-4-3-11-6-8(10,5-9)7-11/h2-7H2,1H3. The summed E-state index contributed by atoms with van der Waals surface area (Å²) in [7, 11) is 0. The Labute approximate surface area is 71.5 Å². The molecule has 1 fully saturated rings. The molecule has 1 aliphatic rings. The molecule has 0 aromatic carbocycles. The second-order valence-electron chi connectivity index (χ2n) is 3.19. The van der Waals surface area contributed by atoms with Crippen LogP contribution in [0.3, 0.4) is 0 Å². The molecular weight excluding hydrogens is 164 g/mol. The molecule has 0 saturated carbocycles. The molecule has 0 aromatic heterocycles. The Kier molecular flexibility index (Phi) is 3.40. The van der Waals surface area contributed by atoms with Crippen molar-refractivity contribution in [3.8, 4) is 0 Å². The summed E-state index contributed by atoms with van der Waals surface area (Å²) in [5, 5.41) is 0. The van der Waals surface area contributed by atoms with Crippen molar-refractivity contribution in [2.45, 2.75) is 12.6 Å². The molecule has 72 valence electrons. The molecule has 1 aliphatic heterocycles. The van der Waals surface area contributed by atoms with Crippen LogP contribution in [-0.4, -0.2) is 50.1 Å². The highest BCUT2D eigenvalue weighted by atomic mass is 19.2. The van der Waals surface area contributed by atoms with Gasteiger partial charge in [0.1, 0.15) is 6.67 Å². The van der Waals surface area contributed by atoms with Crippen LogP contribution in [0.5, 0.6) is 0 Å². The van der Waals surface area contributed by atoms with Gasteiger partial charge in [-0.2, -0.15) is 0 Å². The van der Waals surface area contributed by atoms with Crippen LogP contribution in [0, 0.1) is 0 Å². The lowest BCUT2D eigenvalue weighted by atomic mass is 9.98. The molecule has 4 heteroatoms. The van der Waals surface area contributed by atoms with E-state index in [1.54, 1.807) is 0 Å². The number of nitrogens with zero attached hydrogens (tertiary/aromatic N) is 1. The van der Waals surface area contributed by atoms with Crippen molar-refractivity contribution >= 4 is 0 Å². The predicted molar refractivity (Wildman–Crippen MR) is 42.7 cm³/mol. The summed E-state index contributed by atoms with van der Waals surface area (Å²) in [6.45, 7) is 3.48. The van der Waals surface area contributed by atoms with Gasteiger partial charge in [-0.1, -0.05) is 0 Å². The molecule has 0 radical (unpaired) electrons. The smallest absolute Gasteiger partial charge is 0.164 e. The first kappa shape index (κ1) is 9.86. The molecule has 0 aliphatic carbocycles. The SMILES string of the molecule is CCOCCN1CC(F)(CF)C1. The maximum atomic E-state index is 12.9. The molecule has 1 rings (SSSR count). The second-order valence-corrected chi connectivity index (χ2v) is 3.19. The van der Waals surface area contributed by atoms with Crippen LogP contribution in [0.25, 0.3) is 0 Å². The fourth-order valence-electron chi connectivity index (χ4n) is 1.34. The normalized spacial score (nSPS) is 22.2. The lowest BCUT2D eigenvalue weighted by Crippen LogP contribution is -2.60. The van der Waals surface area contributed by atoms with E-state index >= 15 is 0 Å². The number of hydrogen-bond donors (Lipinski definition) is 0. The minimum atomic E-state index is -1.56. The summed E-state index contributed by atoms with van der Waals surface area (Å²) >= 11 is 0. The van der Waals surface area contributed by atoms with Crippen LogP contribution in [0.4, 0.5) is 8.78 Å². The largest absolute Gasteiger partial charge is 0.380 e. The van der Waals surface area contributed by atoms with E-state index in [0.717, 1.165) is 0 Å². The monoisotopic (exact) mass is 179 g/mol. The van der Waals surface area contributed by atoms with Crippen molar-refractivity contribution in [3.05, 3.63) is 0 Å². The van der Waals surface area contributed by atoms with E-state index in [-0.39, 0.29) is 13.1 Å². The van der Waals surface area contributed by atoms with Crippen LogP contribution in [0.2, 0.25) is 0 Å². The van der Waals surface area contributed by atoms with Gasteiger partial charge < -0.3 is 4.74 Å². The van der Waals surface area contributed by atoms with Gasteiger partial charge in [0.25, 0.3) is 0 Å². The Bertz CT molecular complexity index is 137. The zero-order valence-electron chi connectivity index (χ0n) is 7.35. The highest BCUT2D eigenvalue weighted by molar-refractivity contribution is 4.95. The van der Waals surface area contributed by atoms with Gasteiger partial charge in [0.05, 0.1) is 6.61 Å². The lowest BCUT2D eigenvalue weighted by Gasteiger charge is -2.42. The Morgan fingerprint density at radius 3 is 2.67 bits per heavy atom. The van der Waals surface area contributed by atoms with Gasteiger partial charge >= 0.3 is 0 Å². The van der Waals surface area contributed by atoms with Crippen molar-refractivity contribution in [3.63, 3.8) is 0 Å². The van der Waals surface area contributed by atoms with Crippen LogP contribution in [0.15, 0.2) is 0 Å². The first-order valence-electron chi connectivity index (χ1n) is 4.25. The van der Waals surface area contributed by atoms with Crippen molar-refractivity contribution in [1.82, 2.24) is 4.90 Å². The van der Waals surface area contributed by atoms with Crippen LogP contribution < -0.4 is 0 Å². The Balaban J connectivity index is 2.02. The molecule has 0 spiro atoms. The van der Waals surface area contributed by atoms with E-state index in [4.69, 9.17) is 4.74 Å². The second kappa shape index (κ2) is 4.14. The van der Waals surface area contributed by atoms with E-state index in [1.807, 2.05) is 11.8 Å². The van der Waals surface area contributed by atoms with Crippen LogP contribution in [-0.2, 0) is 4.74 Å². The number of likely N-dealkylation sites (tertiary alicyclic amines) is 1. The number of alkyl halides is 2. The number of hydrogen-bond acceptors (Lipinski definition) is 2. The third-order valence-corrected chi connectivity index (χ3v) is 2.01. The molecule has 0 aromatic rings. The third-order valence-electron chi connectivity index (χ3n) is 2.01. The lowest BCUT2D eigenvalue weighted by molar-refractivity contribution is -0.0570. The molecule has 0 N–H and O–H groups in total. The van der Waals surface area contributed by atoms with E-state index in [0.29, 0.717) is 19.8 Å². The van der Waals surface area contributed by atoms with Gasteiger partial charge in [-0.15, -0.1) is 0 Å². The van der Waals surface area contributed by atoms with E-state index in [1.165, 1.54) is 0 Å². The van der Waals surface area contributed by atoms with Gasteiger partial charge in [-0.05, 0) is 6.92 Å². The average molecular weight is 179 g/mol. The van der Waals surface area contributed by atoms with E-state index in [9.17, 15) is 8.78 Å². The maximum absolute atomic E-state index is 12.9. The highest BCUT2D eigenvalue weighted by Gasteiger charge is 2.43. The Hall–Kier alpha value is -0.220. The van der Waals surface area contributed by atoms with Gasteiger partial charge in [0, 0.05) is 26.2 Å². The molecule has 0 unspecified atom stereocenters. The van der Waals surface area contributed by atoms with Gasteiger partial charge in [0.2, 0.25) is 0 Å². The van der Waals surface area contributed by atoms with E-state index < -0.39 is 12.3 Å². The predicted octanol–water partition coefficient (Wildman–Crippen LogP) is 1.02. The fourth-order valence-corrected chi connectivity index (χ4v) is 1.34. The third kappa shape index (κ3) is 2.38. The minimum absolute atomic E-state index is 0.219. The Morgan fingerprint density at radius 2 is 2.17 bits per heavy atom. The zero-order chi connectivity index (χ0) is 9.03. The summed E-state index contributed by atoms with van der Waals surface area (Å²) in [5.41, 5.74) is -1.56. The molecule has 0 bridgehead atoms. The van der Waals surface area contributed by atoms with Gasteiger partial charge in [-0.3, -0.25) is 4.90 Å². The summed E-state index contributed by atoms with van der Waals surface area (Å²) in [6.07, 6.45) is 0. The number of ether oxygens (including phenoxy) is 1. The number of rotatable bonds is 5. The summed E-state index contributed by atoms with van der Waals surface area (Å²) in [6, 6.07) is 0. The first-order valence-corrected chi connectivity index (χ1v) is 4.25. The minimum Gasteiger partial charge on any atom is -0.380 e. The molecule has 1 heterocycles. The van der Waals surface area contributed by atoms with Crippen molar-refractivity contribution in [1.29, 1.82) is 0 Å². The highest BCUT2D eigenvalue weighted by Crippen LogP contribution is 2.25. The summed E-state index contributed by atoms with van der Waals surface area (Å²) in [4.78, 5) is 1.86. The topological polar surface area (TPSA) is 12.5 Å². The summed E-state index contributed by atoms with van der Waals surface area (Å²) < 4.78 is 30.0. The average Bonchev–Trinajstić information content (AvgIpc) is 2.01. The fraction of sp³-hybridized carbons (Fsp3) is 1.00. The molecule has 2 nitrogen and oxygen atoms in total. The molecule has 0 atom stereocenters. The van der Waals surface area contributed by atoms with Crippen molar-refractivity contribution < 1.29 is 13.5 Å². The van der Waals surface area contributed by atoms with E-state index in [2.05, 4.69) is 0 Å². The van der Waals surface area contributed by atoms with Crippen LogP contribution in [0.1, 0.15) is 6.92 Å².